The van der Waals surface area contributed by atoms with E-state index >= 15 is 0 Å². The van der Waals surface area contributed by atoms with Crippen molar-refractivity contribution in [2.75, 3.05) is 7.11 Å². The second-order valence-corrected chi connectivity index (χ2v) is 4.84. The molecule has 0 unspecified atom stereocenters. The Balaban J connectivity index is 1.96. The molecule has 0 fully saturated rings. The van der Waals surface area contributed by atoms with E-state index < -0.39 is 0 Å². The molecule has 4 nitrogen and oxygen atoms in total. The summed E-state index contributed by atoms with van der Waals surface area (Å²) in [7, 11) is 1.62. The molecule has 1 aromatic carbocycles. The van der Waals surface area contributed by atoms with Crippen LogP contribution in [0.15, 0.2) is 54.7 Å². The Kier molecular flexibility index (Phi) is 4.10. The van der Waals surface area contributed by atoms with Gasteiger partial charge in [0, 0.05) is 17.8 Å². The molecule has 3 rings (SSSR count). The van der Waals surface area contributed by atoms with Crippen LogP contribution in [0.4, 0.5) is 0 Å². The average Bonchev–Trinajstić information content (AvgIpc) is 2.98. The SMILES string of the molecule is CCc1c(Oc2ccccc2)c[nH]c1-c1cccc(OC)n1. The smallest absolute Gasteiger partial charge is 0.213 e. The van der Waals surface area contributed by atoms with E-state index in [1.807, 2.05) is 54.7 Å². The predicted molar refractivity (Wildman–Crippen MR) is 86.5 cm³/mol. The second-order valence-electron chi connectivity index (χ2n) is 4.84. The number of benzene rings is 1. The van der Waals surface area contributed by atoms with Gasteiger partial charge in [-0.2, -0.15) is 0 Å². The number of para-hydroxylation sites is 1. The molecule has 4 heteroatoms. The normalized spacial score (nSPS) is 10.5. The first-order valence-electron chi connectivity index (χ1n) is 7.26. The number of rotatable bonds is 5. The summed E-state index contributed by atoms with van der Waals surface area (Å²) in [4.78, 5) is 7.75. The number of aromatic nitrogens is 2. The first kappa shape index (κ1) is 14.2. The number of pyridine rings is 1. The van der Waals surface area contributed by atoms with Gasteiger partial charge in [0.25, 0.3) is 0 Å². The molecule has 0 atom stereocenters. The Morgan fingerprint density at radius 2 is 1.86 bits per heavy atom. The molecule has 2 aromatic heterocycles. The van der Waals surface area contributed by atoms with E-state index in [1.54, 1.807) is 7.11 Å². The van der Waals surface area contributed by atoms with Crippen molar-refractivity contribution in [3.05, 3.63) is 60.3 Å². The fourth-order valence-corrected chi connectivity index (χ4v) is 2.39. The molecule has 2 heterocycles. The number of aromatic amines is 1. The Bertz CT molecular complexity index is 751. The van der Waals surface area contributed by atoms with E-state index in [1.165, 1.54) is 0 Å². The zero-order valence-corrected chi connectivity index (χ0v) is 12.7. The number of hydrogen-bond donors (Lipinski definition) is 1. The highest BCUT2D eigenvalue weighted by atomic mass is 16.5. The van der Waals surface area contributed by atoms with Crippen LogP contribution in [0.1, 0.15) is 12.5 Å². The third kappa shape index (κ3) is 2.81. The van der Waals surface area contributed by atoms with E-state index in [0.717, 1.165) is 34.9 Å². The van der Waals surface area contributed by atoms with E-state index in [4.69, 9.17) is 9.47 Å². The molecular formula is C18H18N2O2. The summed E-state index contributed by atoms with van der Waals surface area (Å²) < 4.78 is 11.2. The molecule has 0 bridgehead atoms. The molecule has 3 aromatic rings. The number of hydrogen-bond acceptors (Lipinski definition) is 3. The molecule has 0 amide bonds. The zero-order valence-electron chi connectivity index (χ0n) is 12.7. The molecule has 0 saturated heterocycles. The van der Waals surface area contributed by atoms with Gasteiger partial charge in [-0.05, 0) is 24.6 Å². The minimum Gasteiger partial charge on any atom is -0.481 e. The van der Waals surface area contributed by atoms with E-state index in [0.29, 0.717) is 5.88 Å². The number of methoxy groups -OCH3 is 1. The van der Waals surface area contributed by atoms with Crippen molar-refractivity contribution in [2.45, 2.75) is 13.3 Å². The van der Waals surface area contributed by atoms with Gasteiger partial charge in [0.05, 0.1) is 18.5 Å². The van der Waals surface area contributed by atoms with Crippen molar-refractivity contribution in [3.8, 4) is 28.8 Å². The summed E-state index contributed by atoms with van der Waals surface area (Å²) in [5.74, 6) is 2.24. The maximum absolute atomic E-state index is 5.97. The van der Waals surface area contributed by atoms with Crippen molar-refractivity contribution in [1.82, 2.24) is 9.97 Å². The highest BCUT2D eigenvalue weighted by molar-refractivity contribution is 5.64. The summed E-state index contributed by atoms with van der Waals surface area (Å²) in [5.41, 5.74) is 2.91. The van der Waals surface area contributed by atoms with Crippen LogP contribution in [0.5, 0.6) is 17.4 Å². The number of nitrogens with zero attached hydrogens (tertiary/aromatic N) is 1. The average molecular weight is 294 g/mol. The van der Waals surface area contributed by atoms with Crippen LogP contribution in [0, 0.1) is 0 Å². The van der Waals surface area contributed by atoms with Gasteiger partial charge in [-0.3, -0.25) is 0 Å². The van der Waals surface area contributed by atoms with Gasteiger partial charge < -0.3 is 14.5 Å². The van der Waals surface area contributed by atoms with Crippen LogP contribution < -0.4 is 9.47 Å². The topological polar surface area (TPSA) is 47.1 Å². The minimum absolute atomic E-state index is 0.597. The van der Waals surface area contributed by atoms with Crippen LogP contribution in [-0.4, -0.2) is 17.1 Å². The van der Waals surface area contributed by atoms with Crippen molar-refractivity contribution >= 4 is 0 Å². The number of ether oxygens (including phenoxy) is 2. The van der Waals surface area contributed by atoms with Crippen LogP contribution in [0.25, 0.3) is 11.4 Å². The molecule has 0 spiro atoms. The summed E-state index contributed by atoms with van der Waals surface area (Å²) in [5, 5.41) is 0. The lowest BCUT2D eigenvalue weighted by molar-refractivity contribution is 0.398. The van der Waals surface area contributed by atoms with E-state index in [-0.39, 0.29) is 0 Å². The maximum Gasteiger partial charge on any atom is 0.213 e. The van der Waals surface area contributed by atoms with Crippen LogP contribution in [0.2, 0.25) is 0 Å². The summed E-state index contributed by atoms with van der Waals surface area (Å²) in [6.45, 7) is 2.10. The lowest BCUT2D eigenvalue weighted by atomic mass is 10.1. The molecular weight excluding hydrogens is 276 g/mol. The van der Waals surface area contributed by atoms with Crippen molar-refractivity contribution in [3.63, 3.8) is 0 Å². The molecule has 0 aliphatic rings. The monoisotopic (exact) mass is 294 g/mol. The fraction of sp³-hybridized carbons (Fsp3) is 0.167. The first-order chi connectivity index (χ1) is 10.8. The van der Waals surface area contributed by atoms with Gasteiger partial charge in [0.1, 0.15) is 11.5 Å². The summed E-state index contributed by atoms with van der Waals surface area (Å²) in [6, 6.07) is 15.5. The van der Waals surface area contributed by atoms with Gasteiger partial charge in [-0.25, -0.2) is 4.98 Å². The van der Waals surface area contributed by atoms with Crippen molar-refractivity contribution < 1.29 is 9.47 Å². The molecule has 112 valence electrons. The Morgan fingerprint density at radius 3 is 2.59 bits per heavy atom. The Hall–Kier alpha value is -2.75. The number of nitrogens with one attached hydrogen (secondary N) is 1. The van der Waals surface area contributed by atoms with Gasteiger partial charge in [0.2, 0.25) is 5.88 Å². The molecule has 0 saturated carbocycles. The van der Waals surface area contributed by atoms with Crippen LogP contribution in [-0.2, 0) is 6.42 Å². The molecule has 22 heavy (non-hydrogen) atoms. The van der Waals surface area contributed by atoms with E-state index in [2.05, 4.69) is 16.9 Å². The van der Waals surface area contributed by atoms with Gasteiger partial charge >= 0.3 is 0 Å². The van der Waals surface area contributed by atoms with Gasteiger partial charge in [-0.15, -0.1) is 0 Å². The van der Waals surface area contributed by atoms with Gasteiger partial charge in [0.15, 0.2) is 0 Å². The Morgan fingerprint density at radius 1 is 1.05 bits per heavy atom. The van der Waals surface area contributed by atoms with E-state index in [9.17, 15) is 0 Å². The minimum atomic E-state index is 0.597. The third-order valence-corrected chi connectivity index (χ3v) is 3.46. The molecule has 1 N–H and O–H groups in total. The fourth-order valence-electron chi connectivity index (χ4n) is 2.39. The van der Waals surface area contributed by atoms with Crippen molar-refractivity contribution in [1.29, 1.82) is 0 Å². The standard InChI is InChI=1S/C18H18N2O2/c1-3-14-16(22-13-8-5-4-6-9-13)12-19-18(14)15-10-7-11-17(20-15)21-2/h4-12,19H,3H2,1-2H3. The lowest BCUT2D eigenvalue weighted by Gasteiger charge is -2.07. The highest BCUT2D eigenvalue weighted by Gasteiger charge is 2.14. The second kappa shape index (κ2) is 6.35. The molecule has 0 aliphatic heterocycles. The maximum atomic E-state index is 5.97. The summed E-state index contributed by atoms with van der Waals surface area (Å²) >= 11 is 0. The largest absolute Gasteiger partial charge is 0.481 e. The lowest BCUT2D eigenvalue weighted by Crippen LogP contribution is -1.93. The number of H-pyrrole nitrogens is 1. The zero-order chi connectivity index (χ0) is 15.4. The van der Waals surface area contributed by atoms with Crippen LogP contribution >= 0.6 is 0 Å². The first-order valence-corrected chi connectivity index (χ1v) is 7.26. The van der Waals surface area contributed by atoms with Crippen molar-refractivity contribution in [2.24, 2.45) is 0 Å². The van der Waals surface area contributed by atoms with Crippen LogP contribution in [0.3, 0.4) is 0 Å². The molecule has 0 aliphatic carbocycles. The molecule has 0 radical (unpaired) electrons. The Labute approximate surface area is 129 Å². The highest BCUT2D eigenvalue weighted by Crippen LogP contribution is 2.33. The van der Waals surface area contributed by atoms with Gasteiger partial charge in [-0.1, -0.05) is 31.2 Å². The summed E-state index contributed by atoms with van der Waals surface area (Å²) in [6.07, 6.45) is 2.72. The third-order valence-electron chi connectivity index (χ3n) is 3.46. The quantitative estimate of drug-likeness (QED) is 0.756. The predicted octanol–water partition coefficient (Wildman–Crippen LogP) is 4.44.